The van der Waals surface area contributed by atoms with Crippen LogP contribution >= 0.6 is 0 Å². The number of H-pyrrole nitrogens is 1. The predicted octanol–water partition coefficient (Wildman–Crippen LogP) is 1.84. The van der Waals surface area contributed by atoms with Gasteiger partial charge in [0.25, 0.3) is 11.6 Å². The van der Waals surface area contributed by atoms with Crippen LogP contribution in [0.5, 0.6) is 11.5 Å². The molecule has 7 nitrogen and oxygen atoms in total. The Morgan fingerprint density at radius 2 is 2.03 bits per heavy atom. The van der Waals surface area contributed by atoms with Gasteiger partial charge in [-0.25, -0.2) is 9.37 Å². The lowest BCUT2D eigenvalue weighted by molar-refractivity contribution is -0.382. The first-order valence-electron chi connectivity index (χ1n) is 9.47. The van der Waals surface area contributed by atoms with E-state index < -0.39 is 29.7 Å². The number of halogens is 1. The number of aromatic nitrogens is 1. The summed E-state index contributed by atoms with van der Waals surface area (Å²) in [5.41, 5.74) is 6.61. The van der Waals surface area contributed by atoms with Crippen LogP contribution in [0.1, 0.15) is 23.0 Å². The van der Waals surface area contributed by atoms with Crippen molar-refractivity contribution in [3.05, 3.63) is 77.4 Å². The number of hydrogen-bond acceptors (Lipinski definition) is 4. The van der Waals surface area contributed by atoms with Crippen LogP contribution in [0.4, 0.5) is 4.39 Å². The first-order valence-corrected chi connectivity index (χ1v) is 9.47. The van der Waals surface area contributed by atoms with Gasteiger partial charge in [-0.3, -0.25) is 9.59 Å². The van der Waals surface area contributed by atoms with Gasteiger partial charge in [0.1, 0.15) is 23.4 Å². The summed E-state index contributed by atoms with van der Waals surface area (Å²) in [4.78, 5) is 26.2. The molecule has 0 bridgehead atoms. The number of nitrogens with two attached hydrogens (primary N) is 1. The number of nitrogens with one attached hydrogen (secondary N) is 2. The zero-order valence-corrected chi connectivity index (χ0v) is 16.4. The number of hydrogen-bond donors (Lipinski definition) is 3. The standard InChI is InChI=1S/C22H22FN3O4/c1-13-9-15(11-18(23)20(13)27)22(29)26-7-5-14-3-2-4-16(10-14)30-17-6-8-25-19(12-17)21(24)28/h2-4,6,8-13,20,27H,5,7H2,1H3,(H2,24,28)(H,26,29)/p+1. The second-order valence-electron chi connectivity index (χ2n) is 7.01. The summed E-state index contributed by atoms with van der Waals surface area (Å²) in [7, 11) is 0. The molecular formula is C22H23FN3O4+. The summed E-state index contributed by atoms with van der Waals surface area (Å²) in [6.07, 6.45) is 3.51. The topological polar surface area (TPSA) is 116 Å². The van der Waals surface area contributed by atoms with E-state index in [0.717, 1.165) is 11.6 Å². The van der Waals surface area contributed by atoms with E-state index >= 15 is 0 Å². The molecule has 0 saturated carbocycles. The largest absolute Gasteiger partial charge is 0.457 e. The molecule has 2 amide bonds. The first kappa shape index (κ1) is 21.2. The Hall–Kier alpha value is -3.52. The Labute approximate surface area is 173 Å². The molecule has 0 fully saturated rings. The highest BCUT2D eigenvalue weighted by Gasteiger charge is 2.24. The maximum Gasteiger partial charge on any atom is 0.313 e. The Kier molecular flexibility index (Phi) is 6.58. The maximum atomic E-state index is 13.7. The molecule has 0 spiro atoms. The number of pyridine rings is 1. The molecule has 1 aromatic heterocycles. The number of rotatable bonds is 7. The molecule has 1 aromatic carbocycles. The second-order valence-corrected chi connectivity index (χ2v) is 7.01. The monoisotopic (exact) mass is 412 g/mol. The van der Waals surface area contributed by atoms with E-state index in [2.05, 4.69) is 10.3 Å². The van der Waals surface area contributed by atoms with Gasteiger partial charge in [0.2, 0.25) is 0 Å². The van der Waals surface area contributed by atoms with Gasteiger partial charge in [0.05, 0.1) is 6.07 Å². The van der Waals surface area contributed by atoms with Crippen LogP contribution in [0.2, 0.25) is 0 Å². The molecular weight excluding hydrogens is 389 g/mol. The zero-order valence-electron chi connectivity index (χ0n) is 16.4. The Morgan fingerprint density at radius 1 is 1.27 bits per heavy atom. The molecule has 2 atom stereocenters. The van der Waals surface area contributed by atoms with Crippen molar-refractivity contribution in [1.29, 1.82) is 0 Å². The lowest BCUT2D eigenvalue weighted by Gasteiger charge is -2.19. The van der Waals surface area contributed by atoms with Crippen LogP contribution in [-0.4, -0.2) is 29.6 Å². The average molecular weight is 412 g/mol. The number of amides is 2. The number of carbonyl (C=O) groups excluding carboxylic acids is 2. The first-order chi connectivity index (χ1) is 14.3. The molecule has 30 heavy (non-hydrogen) atoms. The third-order valence-corrected chi connectivity index (χ3v) is 4.65. The quantitative estimate of drug-likeness (QED) is 0.643. The van der Waals surface area contributed by atoms with Crippen molar-refractivity contribution in [2.75, 3.05) is 6.54 Å². The van der Waals surface area contributed by atoms with E-state index in [4.69, 9.17) is 10.5 Å². The van der Waals surface area contributed by atoms with Gasteiger partial charge in [0.15, 0.2) is 6.20 Å². The van der Waals surface area contributed by atoms with Crippen molar-refractivity contribution < 1.29 is 28.8 Å². The highest BCUT2D eigenvalue weighted by molar-refractivity contribution is 5.96. The van der Waals surface area contributed by atoms with Crippen molar-refractivity contribution in [1.82, 2.24) is 5.32 Å². The van der Waals surface area contributed by atoms with E-state index in [1.807, 2.05) is 18.2 Å². The van der Waals surface area contributed by atoms with Crippen LogP contribution < -0.4 is 20.8 Å². The van der Waals surface area contributed by atoms with E-state index in [0.29, 0.717) is 24.5 Å². The summed E-state index contributed by atoms with van der Waals surface area (Å²) in [5, 5.41) is 12.3. The minimum Gasteiger partial charge on any atom is -0.457 e. The van der Waals surface area contributed by atoms with Crippen LogP contribution in [-0.2, 0) is 11.2 Å². The molecule has 1 aliphatic carbocycles. The van der Waals surface area contributed by atoms with Crippen LogP contribution in [0.3, 0.4) is 0 Å². The van der Waals surface area contributed by atoms with Crippen LogP contribution in [0.25, 0.3) is 0 Å². The summed E-state index contributed by atoms with van der Waals surface area (Å²) >= 11 is 0. The molecule has 0 aliphatic heterocycles. The number of benzene rings is 1. The third-order valence-electron chi connectivity index (χ3n) is 4.65. The van der Waals surface area contributed by atoms with E-state index in [9.17, 15) is 19.1 Å². The fourth-order valence-corrected chi connectivity index (χ4v) is 3.02. The number of aliphatic hydroxyl groups excluding tert-OH is 1. The highest BCUT2D eigenvalue weighted by Crippen LogP contribution is 2.24. The summed E-state index contributed by atoms with van der Waals surface area (Å²) < 4.78 is 19.4. The molecule has 0 radical (unpaired) electrons. The zero-order chi connectivity index (χ0) is 21.7. The van der Waals surface area contributed by atoms with Crippen molar-refractivity contribution in [2.45, 2.75) is 19.4 Å². The van der Waals surface area contributed by atoms with E-state index in [1.54, 1.807) is 31.3 Å². The third kappa shape index (κ3) is 5.30. The fourth-order valence-electron chi connectivity index (χ4n) is 3.02. The molecule has 2 unspecified atom stereocenters. The smallest absolute Gasteiger partial charge is 0.313 e. The fraction of sp³-hybridized carbons (Fsp3) is 0.227. The number of aliphatic hydroxyl groups is 1. The molecule has 1 heterocycles. The minimum absolute atomic E-state index is 0.202. The maximum absolute atomic E-state index is 13.7. The molecule has 5 N–H and O–H groups in total. The van der Waals surface area contributed by atoms with Gasteiger partial charge >= 0.3 is 5.91 Å². The Balaban J connectivity index is 1.57. The van der Waals surface area contributed by atoms with E-state index in [1.165, 1.54) is 6.07 Å². The Bertz CT molecular complexity index is 1020. The minimum atomic E-state index is -1.20. The van der Waals surface area contributed by atoms with Crippen LogP contribution in [0.15, 0.2) is 66.1 Å². The number of primary amides is 1. The lowest BCUT2D eigenvalue weighted by Crippen LogP contribution is -2.30. The summed E-state index contributed by atoms with van der Waals surface area (Å²) in [6, 6.07) is 10.5. The summed E-state index contributed by atoms with van der Waals surface area (Å²) in [6.45, 7) is 1.99. The van der Waals surface area contributed by atoms with Gasteiger partial charge in [-0.15, -0.1) is 0 Å². The Morgan fingerprint density at radius 3 is 2.77 bits per heavy atom. The van der Waals surface area contributed by atoms with Gasteiger partial charge in [-0.05, 0) is 30.2 Å². The normalized spacial score (nSPS) is 18.2. The van der Waals surface area contributed by atoms with Gasteiger partial charge < -0.3 is 20.9 Å². The van der Waals surface area contributed by atoms with Crippen molar-refractivity contribution in [2.24, 2.45) is 11.7 Å². The van der Waals surface area contributed by atoms with Crippen LogP contribution in [0, 0.1) is 5.92 Å². The molecule has 3 rings (SSSR count). The van der Waals surface area contributed by atoms with Crippen molar-refractivity contribution in [3.8, 4) is 11.5 Å². The van der Waals surface area contributed by atoms with Gasteiger partial charge in [0, 0.05) is 24.1 Å². The molecule has 1 aliphatic rings. The molecule has 2 aromatic rings. The second kappa shape index (κ2) is 9.32. The lowest BCUT2D eigenvalue weighted by atomic mass is 9.94. The number of aromatic amines is 1. The number of ether oxygens (including phenoxy) is 1. The van der Waals surface area contributed by atoms with E-state index in [-0.39, 0.29) is 11.3 Å². The number of carbonyl (C=O) groups is 2. The van der Waals surface area contributed by atoms with Crippen molar-refractivity contribution >= 4 is 11.8 Å². The van der Waals surface area contributed by atoms with Gasteiger partial charge in [-0.1, -0.05) is 25.1 Å². The van der Waals surface area contributed by atoms with Gasteiger partial charge in [-0.2, -0.15) is 0 Å². The molecule has 8 heteroatoms. The molecule has 0 saturated heterocycles. The average Bonchev–Trinajstić information content (AvgIpc) is 2.72. The molecule has 156 valence electrons. The SMILES string of the molecule is CC1C=C(C(=O)NCCc2cccc(Oc3cc[nH+]c(C(N)=O)c3)c2)C=C(F)C1O. The summed E-state index contributed by atoms with van der Waals surface area (Å²) in [5.74, 6) is -1.12. The van der Waals surface area contributed by atoms with Crippen molar-refractivity contribution in [3.63, 3.8) is 0 Å². The predicted molar refractivity (Wildman–Crippen MR) is 107 cm³/mol. The highest BCUT2D eigenvalue weighted by atomic mass is 19.1.